The van der Waals surface area contributed by atoms with Gasteiger partial charge in [-0.3, -0.25) is 0 Å². The van der Waals surface area contributed by atoms with Crippen molar-refractivity contribution in [3.8, 4) is 11.5 Å². The van der Waals surface area contributed by atoms with E-state index in [1.165, 1.54) is 12.5 Å². The van der Waals surface area contributed by atoms with Crippen LogP contribution in [0.25, 0.3) is 0 Å². The van der Waals surface area contributed by atoms with Gasteiger partial charge in [0, 0.05) is 0 Å². The molecule has 0 saturated heterocycles. The molecule has 1 aliphatic heterocycles. The molecule has 3 heteroatoms. The molecule has 55 valence electrons. The van der Waals surface area contributed by atoms with E-state index in [1.807, 2.05) is 0 Å². The SMILES string of the molecule is Clc1[c]c2c(cc1)OC=CO2. The Bertz CT molecular complexity index is 307. The molecule has 0 bridgehead atoms. The summed E-state index contributed by atoms with van der Waals surface area (Å²) in [7, 11) is 0. The van der Waals surface area contributed by atoms with Crippen molar-refractivity contribution in [1.29, 1.82) is 0 Å². The summed E-state index contributed by atoms with van der Waals surface area (Å²) in [6, 6.07) is 6.23. The third-order valence-corrected chi connectivity index (χ3v) is 1.49. The highest BCUT2D eigenvalue weighted by Crippen LogP contribution is 2.31. The first kappa shape index (κ1) is 6.55. The van der Waals surface area contributed by atoms with Gasteiger partial charge < -0.3 is 9.47 Å². The zero-order chi connectivity index (χ0) is 7.68. The fraction of sp³-hybridized carbons (Fsp3) is 0. The van der Waals surface area contributed by atoms with Gasteiger partial charge >= 0.3 is 0 Å². The molecule has 0 unspecified atom stereocenters. The third-order valence-electron chi connectivity index (χ3n) is 1.27. The van der Waals surface area contributed by atoms with Gasteiger partial charge in [0.2, 0.25) is 0 Å². The fourth-order valence-electron chi connectivity index (χ4n) is 0.814. The molecule has 1 radical (unpaired) electrons. The minimum atomic E-state index is 0.516. The lowest BCUT2D eigenvalue weighted by Gasteiger charge is -2.10. The molecule has 11 heavy (non-hydrogen) atoms. The first-order valence-electron chi connectivity index (χ1n) is 3.06. The summed E-state index contributed by atoms with van der Waals surface area (Å²) >= 11 is 5.66. The van der Waals surface area contributed by atoms with Gasteiger partial charge in [-0.15, -0.1) is 0 Å². The van der Waals surface area contributed by atoms with Gasteiger partial charge in [-0.25, -0.2) is 0 Å². The van der Waals surface area contributed by atoms with Gasteiger partial charge in [-0.2, -0.15) is 0 Å². The molecular weight excluding hydrogens is 164 g/mol. The van der Waals surface area contributed by atoms with Crippen molar-refractivity contribution in [1.82, 2.24) is 0 Å². The molecular formula is C8H4ClO2. The van der Waals surface area contributed by atoms with Crippen LogP contribution in [0.1, 0.15) is 0 Å². The molecule has 0 aromatic heterocycles. The van der Waals surface area contributed by atoms with Crippen molar-refractivity contribution < 1.29 is 9.47 Å². The van der Waals surface area contributed by atoms with Crippen LogP contribution in [0, 0.1) is 6.07 Å². The summed E-state index contributed by atoms with van der Waals surface area (Å²) in [5, 5.41) is 0.516. The smallest absolute Gasteiger partial charge is 0.178 e. The lowest BCUT2D eigenvalue weighted by atomic mass is 10.3. The molecule has 1 aromatic carbocycles. The highest BCUT2D eigenvalue weighted by atomic mass is 35.5. The van der Waals surface area contributed by atoms with E-state index in [1.54, 1.807) is 12.1 Å². The average molecular weight is 168 g/mol. The highest BCUT2D eigenvalue weighted by Gasteiger charge is 2.07. The number of fused-ring (bicyclic) bond motifs is 1. The quantitative estimate of drug-likeness (QED) is 0.591. The van der Waals surface area contributed by atoms with E-state index < -0.39 is 0 Å². The van der Waals surface area contributed by atoms with Gasteiger partial charge in [0.1, 0.15) is 12.5 Å². The van der Waals surface area contributed by atoms with Crippen LogP contribution in [0.4, 0.5) is 0 Å². The Morgan fingerprint density at radius 2 is 2.00 bits per heavy atom. The first-order chi connectivity index (χ1) is 5.36. The maximum absolute atomic E-state index is 5.66. The average Bonchev–Trinajstić information content (AvgIpc) is 2.04. The summed E-state index contributed by atoms with van der Waals surface area (Å²) in [6.07, 6.45) is 2.90. The molecule has 0 saturated carbocycles. The number of ether oxygens (including phenoxy) is 2. The summed E-state index contributed by atoms with van der Waals surface area (Å²) in [5.74, 6) is 1.16. The Morgan fingerprint density at radius 1 is 1.18 bits per heavy atom. The van der Waals surface area contributed by atoms with Gasteiger partial charge in [0.05, 0.1) is 11.1 Å². The Kier molecular flexibility index (Phi) is 1.47. The number of benzene rings is 1. The van der Waals surface area contributed by atoms with Gasteiger partial charge in [-0.05, 0) is 12.1 Å². The van der Waals surface area contributed by atoms with Gasteiger partial charge in [0.15, 0.2) is 11.5 Å². The molecule has 2 rings (SSSR count). The summed E-state index contributed by atoms with van der Waals surface area (Å²) < 4.78 is 10.1. The predicted molar refractivity (Wildman–Crippen MR) is 40.7 cm³/mol. The van der Waals surface area contributed by atoms with Crippen LogP contribution in [-0.4, -0.2) is 0 Å². The van der Waals surface area contributed by atoms with E-state index in [0.717, 1.165) is 0 Å². The lowest BCUT2D eigenvalue weighted by molar-refractivity contribution is 0.361. The Balaban J connectivity index is 2.48. The second kappa shape index (κ2) is 2.47. The maximum atomic E-state index is 5.66. The van der Waals surface area contributed by atoms with E-state index in [2.05, 4.69) is 6.07 Å². The lowest BCUT2D eigenvalue weighted by Crippen LogP contribution is -1.95. The van der Waals surface area contributed by atoms with E-state index in [9.17, 15) is 0 Å². The normalized spacial score (nSPS) is 13.2. The van der Waals surface area contributed by atoms with Crippen molar-refractivity contribution in [2.24, 2.45) is 0 Å². The van der Waals surface area contributed by atoms with Crippen LogP contribution >= 0.6 is 11.6 Å². The summed E-state index contributed by atoms with van der Waals surface area (Å²) in [5.41, 5.74) is 0. The minimum absolute atomic E-state index is 0.516. The largest absolute Gasteiger partial charge is 0.458 e. The number of halogens is 1. The molecule has 1 aliphatic rings. The van der Waals surface area contributed by atoms with Crippen molar-refractivity contribution >= 4 is 11.6 Å². The molecule has 0 amide bonds. The Hall–Kier alpha value is -1.15. The van der Waals surface area contributed by atoms with Crippen LogP contribution in [0.3, 0.4) is 0 Å². The van der Waals surface area contributed by atoms with E-state index >= 15 is 0 Å². The van der Waals surface area contributed by atoms with E-state index in [0.29, 0.717) is 16.5 Å². The van der Waals surface area contributed by atoms with Gasteiger partial charge in [-0.1, -0.05) is 11.6 Å². The summed E-state index contributed by atoms with van der Waals surface area (Å²) in [4.78, 5) is 0. The second-order valence-corrected chi connectivity index (χ2v) is 2.41. The molecule has 2 nitrogen and oxygen atoms in total. The Labute approximate surface area is 69.0 Å². The number of hydrogen-bond acceptors (Lipinski definition) is 2. The Morgan fingerprint density at radius 3 is 2.91 bits per heavy atom. The van der Waals surface area contributed by atoms with E-state index in [4.69, 9.17) is 21.1 Å². The monoisotopic (exact) mass is 167 g/mol. The number of hydrogen-bond donors (Lipinski definition) is 0. The molecule has 0 fully saturated rings. The predicted octanol–water partition coefficient (Wildman–Crippen LogP) is 2.38. The highest BCUT2D eigenvalue weighted by molar-refractivity contribution is 6.30. The van der Waals surface area contributed by atoms with Crippen molar-refractivity contribution in [3.05, 3.63) is 35.7 Å². The fourth-order valence-corrected chi connectivity index (χ4v) is 0.962. The van der Waals surface area contributed by atoms with Crippen LogP contribution < -0.4 is 9.47 Å². The molecule has 1 heterocycles. The zero-order valence-electron chi connectivity index (χ0n) is 5.50. The maximum Gasteiger partial charge on any atom is 0.178 e. The van der Waals surface area contributed by atoms with Crippen molar-refractivity contribution in [2.75, 3.05) is 0 Å². The van der Waals surface area contributed by atoms with Crippen LogP contribution in [0.15, 0.2) is 24.7 Å². The third kappa shape index (κ3) is 1.17. The van der Waals surface area contributed by atoms with E-state index in [-0.39, 0.29) is 0 Å². The van der Waals surface area contributed by atoms with Crippen molar-refractivity contribution in [3.63, 3.8) is 0 Å². The molecule has 1 aromatic rings. The summed E-state index contributed by atoms with van der Waals surface area (Å²) in [6.45, 7) is 0. The van der Waals surface area contributed by atoms with Crippen LogP contribution in [-0.2, 0) is 0 Å². The molecule has 0 atom stereocenters. The molecule has 0 spiro atoms. The molecule has 0 aliphatic carbocycles. The standard InChI is InChI=1S/C8H4ClO2/c9-6-1-2-7-8(5-6)11-4-3-10-7/h1-4H. The zero-order valence-corrected chi connectivity index (χ0v) is 6.26. The first-order valence-corrected chi connectivity index (χ1v) is 3.44. The van der Waals surface area contributed by atoms with Gasteiger partial charge in [0.25, 0.3) is 0 Å². The topological polar surface area (TPSA) is 18.5 Å². The van der Waals surface area contributed by atoms with Crippen LogP contribution in [0.5, 0.6) is 11.5 Å². The van der Waals surface area contributed by atoms with Crippen LogP contribution in [0.2, 0.25) is 5.02 Å². The molecule has 0 N–H and O–H groups in total. The second-order valence-electron chi connectivity index (χ2n) is 2.01. The number of rotatable bonds is 0. The minimum Gasteiger partial charge on any atom is -0.458 e. The van der Waals surface area contributed by atoms with Crippen molar-refractivity contribution in [2.45, 2.75) is 0 Å².